The Morgan fingerprint density at radius 3 is 2.83 bits per heavy atom. The Bertz CT molecular complexity index is 1810. The zero-order valence-corrected chi connectivity index (χ0v) is 22.8. The summed E-state index contributed by atoms with van der Waals surface area (Å²) in [4.78, 5) is 28.9. The van der Waals surface area contributed by atoms with Gasteiger partial charge in [0.15, 0.2) is 21.4 Å². The number of benzene rings is 1. The number of halogens is 1. The summed E-state index contributed by atoms with van der Waals surface area (Å²) in [6.07, 6.45) is 3.56. The lowest BCUT2D eigenvalue weighted by molar-refractivity contribution is 0.0950. The van der Waals surface area contributed by atoms with Gasteiger partial charge in [0.25, 0.3) is 5.91 Å². The van der Waals surface area contributed by atoms with Crippen LogP contribution >= 0.6 is 0 Å². The minimum atomic E-state index is -3.52. The number of fused-ring (bicyclic) bond motifs is 3. The summed E-state index contributed by atoms with van der Waals surface area (Å²) in [6.45, 7) is 1.33. The Morgan fingerprint density at radius 2 is 1.98 bits per heavy atom. The van der Waals surface area contributed by atoms with E-state index in [4.69, 9.17) is 14.5 Å². The lowest BCUT2D eigenvalue weighted by Gasteiger charge is -2.30. The van der Waals surface area contributed by atoms with Crippen LogP contribution in [0.25, 0.3) is 10.9 Å². The van der Waals surface area contributed by atoms with E-state index in [1.807, 2.05) is 17.0 Å². The fraction of sp³-hybridized carbons (Fsp3) is 0.310. The van der Waals surface area contributed by atoms with Gasteiger partial charge in [-0.15, -0.1) is 0 Å². The molecule has 0 atom stereocenters. The molecule has 1 aliphatic carbocycles. The summed E-state index contributed by atoms with van der Waals surface area (Å²) >= 11 is 0. The van der Waals surface area contributed by atoms with Crippen molar-refractivity contribution >= 4 is 38.3 Å². The highest BCUT2D eigenvalue weighted by atomic mass is 32.2. The van der Waals surface area contributed by atoms with Crippen molar-refractivity contribution in [1.29, 1.82) is 0 Å². The maximum atomic E-state index is 14.6. The molecule has 1 N–H and O–H groups in total. The molecule has 3 aliphatic rings. The Labute approximate surface area is 235 Å². The molecule has 0 spiro atoms. The van der Waals surface area contributed by atoms with Crippen LogP contribution in [0.1, 0.15) is 46.1 Å². The number of carbonyl (C=O) groups excluding carboxylic acids is 1. The number of sulfone groups is 1. The molecule has 0 unspecified atom stereocenters. The van der Waals surface area contributed by atoms with Gasteiger partial charge in [-0.25, -0.2) is 22.8 Å². The molecule has 1 aromatic carbocycles. The number of ether oxygens (including phenoxy) is 2. The second-order valence-electron chi connectivity index (χ2n) is 10.4. The molecule has 0 saturated heterocycles. The number of rotatable bonds is 5. The van der Waals surface area contributed by atoms with Gasteiger partial charge in [0.1, 0.15) is 18.2 Å². The molecule has 0 radical (unpaired) electrons. The van der Waals surface area contributed by atoms with Crippen molar-refractivity contribution in [3.8, 4) is 5.75 Å². The van der Waals surface area contributed by atoms with Gasteiger partial charge in [-0.05, 0) is 48.7 Å². The number of pyridine rings is 3. The summed E-state index contributed by atoms with van der Waals surface area (Å²) in [6, 6.07) is 11.6. The van der Waals surface area contributed by atoms with Crippen LogP contribution in [0, 0.1) is 5.82 Å². The average molecular weight is 576 g/mol. The molecule has 210 valence electrons. The third-order valence-electron chi connectivity index (χ3n) is 7.48. The molecule has 4 aromatic rings. The minimum absolute atomic E-state index is 0.119. The van der Waals surface area contributed by atoms with E-state index in [2.05, 4.69) is 15.3 Å². The molecule has 3 aromatic heterocycles. The van der Waals surface area contributed by atoms with Crippen LogP contribution in [0.3, 0.4) is 0 Å². The van der Waals surface area contributed by atoms with E-state index in [1.165, 1.54) is 12.1 Å². The SMILES string of the molecule is O=C(NCc1cc2nc(N3CCOc4cc(F)c(C5CC5)nc43)ccc2cn1)c1ccc2c(c1)S(=O)(=O)CCOC2. The van der Waals surface area contributed by atoms with Crippen LogP contribution in [0.15, 0.2) is 53.6 Å². The van der Waals surface area contributed by atoms with E-state index in [-0.39, 0.29) is 47.7 Å². The Hall–Kier alpha value is -4.16. The van der Waals surface area contributed by atoms with Crippen molar-refractivity contribution < 1.29 is 27.1 Å². The monoisotopic (exact) mass is 575 g/mol. The zero-order chi connectivity index (χ0) is 28.1. The highest BCUT2D eigenvalue weighted by molar-refractivity contribution is 7.91. The van der Waals surface area contributed by atoms with Gasteiger partial charge < -0.3 is 19.7 Å². The third kappa shape index (κ3) is 4.97. The number of hydrogen-bond acceptors (Lipinski definition) is 9. The summed E-state index contributed by atoms with van der Waals surface area (Å²) in [5.74, 6) is 0.899. The molecule has 2 aliphatic heterocycles. The Balaban J connectivity index is 1.12. The first kappa shape index (κ1) is 25.8. The number of amides is 1. The van der Waals surface area contributed by atoms with Crippen LogP contribution in [-0.4, -0.2) is 54.8 Å². The molecule has 1 amide bonds. The van der Waals surface area contributed by atoms with Crippen LogP contribution in [0.5, 0.6) is 5.75 Å². The van der Waals surface area contributed by atoms with E-state index in [9.17, 15) is 17.6 Å². The first-order chi connectivity index (χ1) is 19.9. The molecule has 1 saturated carbocycles. The van der Waals surface area contributed by atoms with Gasteiger partial charge in [0.2, 0.25) is 0 Å². The molecule has 5 heterocycles. The molecular formula is C29H26FN5O5S. The van der Waals surface area contributed by atoms with Crippen molar-refractivity contribution in [2.24, 2.45) is 0 Å². The fourth-order valence-electron chi connectivity index (χ4n) is 5.13. The van der Waals surface area contributed by atoms with Gasteiger partial charge in [-0.1, -0.05) is 6.07 Å². The Morgan fingerprint density at radius 1 is 1.10 bits per heavy atom. The fourth-order valence-corrected chi connectivity index (χ4v) is 6.52. The van der Waals surface area contributed by atoms with E-state index in [1.54, 1.807) is 24.4 Å². The first-order valence-corrected chi connectivity index (χ1v) is 15.1. The Kier molecular flexibility index (Phi) is 6.31. The van der Waals surface area contributed by atoms with Gasteiger partial charge in [0.05, 0.1) is 53.9 Å². The van der Waals surface area contributed by atoms with E-state index in [0.717, 1.165) is 18.2 Å². The van der Waals surface area contributed by atoms with Gasteiger partial charge in [0, 0.05) is 29.1 Å². The average Bonchev–Trinajstić information content (AvgIpc) is 3.83. The molecule has 10 nitrogen and oxygen atoms in total. The number of anilines is 2. The molecule has 1 fully saturated rings. The molecule has 41 heavy (non-hydrogen) atoms. The van der Waals surface area contributed by atoms with Crippen molar-refractivity contribution in [3.63, 3.8) is 0 Å². The highest BCUT2D eigenvalue weighted by Crippen LogP contribution is 2.44. The van der Waals surface area contributed by atoms with Gasteiger partial charge in [-0.2, -0.15) is 0 Å². The van der Waals surface area contributed by atoms with E-state index >= 15 is 0 Å². The van der Waals surface area contributed by atoms with Crippen molar-refractivity contribution in [3.05, 3.63) is 77.0 Å². The van der Waals surface area contributed by atoms with E-state index in [0.29, 0.717) is 53.0 Å². The summed E-state index contributed by atoms with van der Waals surface area (Å²) in [7, 11) is -3.52. The number of aromatic nitrogens is 3. The second-order valence-corrected chi connectivity index (χ2v) is 12.4. The molecule has 12 heteroatoms. The largest absolute Gasteiger partial charge is 0.488 e. The molecular weight excluding hydrogens is 549 g/mol. The van der Waals surface area contributed by atoms with Crippen LogP contribution in [0.2, 0.25) is 0 Å². The maximum Gasteiger partial charge on any atom is 0.251 e. The van der Waals surface area contributed by atoms with Crippen LogP contribution < -0.4 is 15.0 Å². The number of hydrogen-bond donors (Lipinski definition) is 1. The predicted octanol–water partition coefficient (Wildman–Crippen LogP) is 3.81. The smallest absolute Gasteiger partial charge is 0.251 e. The molecule has 7 rings (SSSR count). The van der Waals surface area contributed by atoms with Crippen molar-refractivity contribution in [2.75, 3.05) is 30.4 Å². The predicted molar refractivity (Wildman–Crippen MR) is 148 cm³/mol. The molecule has 0 bridgehead atoms. The van der Waals surface area contributed by atoms with Gasteiger partial charge >= 0.3 is 0 Å². The van der Waals surface area contributed by atoms with Crippen LogP contribution in [-0.2, 0) is 27.7 Å². The van der Waals surface area contributed by atoms with Crippen LogP contribution in [0.4, 0.5) is 16.0 Å². The lowest BCUT2D eigenvalue weighted by atomic mass is 10.1. The zero-order valence-electron chi connectivity index (χ0n) is 22.0. The minimum Gasteiger partial charge on any atom is -0.488 e. The second kappa shape index (κ2) is 10.0. The first-order valence-electron chi connectivity index (χ1n) is 13.4. The lowest BCUT2D eigenvalue weighted by Crippen LogP contribution is -2.30. The van der Waals surface area contributed by atoms with Gasteiger partial charge in [-0.3, -0.25) is 9.78 Å². The highest BCUT2D eigenvalue weighted by Gasteiger charge is 2.32. The summed E-state index contributed by atoms with van der Waals surface area (Å²) in [5, 5.41) is 3.64. The van der Waals surface area contributed by atoms with Crippen molar-refractivity contribution in [2.45, 2.75) is 36.8 Å². The number of carbonyl (C=O) groups is 1. The standard InChI is InChI=1S/C29H26FN5O5S/c30-22-13-24-28(34-27(22)17-1-2-17)35(7-8-40-24)26-6-5-19-14-31-21(12-23(19)33-26)15-32-29(36)18-3-4-20-16-39-9-10-41(37,38)25(20)11-18/h3-6,11-14,17H,1-2,7-10,15-16H2,(H,32,36). The number of nitrogens with zero attached hydrogens (tertiary/aromatic N) is 4. The normalized spacial score (nSPS) is 17.7. The van der Waals surface area contributed by atoms with E-state index < -0.39 is 15.7 Å². The number of nitrogens with one attached hydrogen (secondary N) is 1. The summed E-state index contributed by atoms with van der Waals surface area (Å²) < 4.78 is 50.8. The maximum absolute atomic E-state index is 14.6. The van der Waals surface area contributed by atoms with Crippen molar-refractivity contribution in [1.82, 2.24) is 20.3 Å². The topological polar surface area (TPSA) is 124 Å². The summed E-state index contributed by atoms with van der Waals surface area (Å²) in [5.41, 5.74) is 2.53. The third-order valence-corrected chi connectivity index (χ3v) is 9.24. The quantitative estimate of drug-likeness (QED) is 0.378.